The molecule has 0 amide bonds. The van der Waals surface area contributed by atoms with Gasteiger partial charge in [-0.3, -0.25) is 37.3 Å². The van der Waals surface area contributed by atoms with Gasteiger partial charge in [0, 0.05) is 25.7 Å². The molecule has 3 N–H and O–H groups in total. The minimum Gasteiger partial charge on any atom is -0.462 e. The van der Waals surface area contributed by atoms with Crippen molar-refractivity contribution in [2.45, 2.75) is 458 Å². The predicted octanol–water partition coefficient (Wildman–Crippen LogP) is 25.1. The van der Waals surface area contributed by atoms with Crippen LogP contribution in [0, 0.1) is 11.8 Å². The summed E-state index contributed by atoms with van der Waals surface area (Å²) in [7, 11) is -9.92. The molecular weight excluding hydrogens is 1330 g/mol. The largest absolute Gasteiger partial charge is 0.472 e. The summed E-state index contributed by atoms with van der Waals surface area (Å²) in [5, 5.41) is 10.7. The SMILES string of the molecule is CCCCCCCCCCCCCCCCCCCCCC(=O)O[C@H](COC(=O)CCCCCCCCCCCCCCCCCCCC)COP(=O)(O)OC[C@@H](O)COP(=O)(O)OC[C@@H](COC(=O)CCCCCCCCCCC(C)C)OC(=O)CCCCCCCCCCCCCC(C)C. The van der Waals surface area contributed by atoms with Gasteiger partial charge < -0.3 is 33.8 Å². The molecule has 0 radical (unpaired) electrons. The fraction of sp³-hybridized carbons (Fsp3) is 0.952. The molecule has 606 valence electrons. The van der Waals surface area contributed by atoms with Gasteiger partial charge in [-0.1, -0.05) is 388 Å². The molecule has 19 heteroatoms. The van der Waals surface area contributed by atoms with Crippen LogP contribution in [0.4, 0.5) is 0 Å². The molecule has 0 aromatic rings. The van der Waals surface area contributed by atoms with Crippen LogP contribution in [0.1, 0.15) is 440 Å². The smallest absolute Gasteiger partial charge is 0.462 e. The molecule has 0 rings (SSSR count). The summed E-state index contributed by atoms with van der Waals surface area (Å²) in [4.78, 5) is 73.1. The Labute approximate surface area is 626 Å². The zero-order valence-corrected chi connectivity index (χ0v) is 68.7. The summed E-state index contributed by atoms with van der Waals surface area (Å²) < 4.78 is 68.8. The highest BCUT2D eigenvalue weighted by Gasteiger charge is 2.30. The molecule has 102 heavy (non-hydrogen) atoms. The van der Waals surface area contributed by atoms with Crippen LogP contribution >= 0.6 is 15.6 Å². The van der Waals surface area contributed by atoms with Crippen molar-refractivity contribution in [2.24, 2.45) is 11.8 Å². The van der Waals surface area contributed by atoms with Gasteiger partial charge in [-0.2, -0.15) is 0 Å². The second-order valence-electron chi connectivity index (χ2n) is 30.8. The normalized spacial score (nSPS) is 13.9. The van der Waals surface area contributed by atoms with E-state index in [9.17, 15) is 43.2 Å². The summed E-state index contributed by atoms with van der Waals surface area (Å²) in [6.07, 6.45) is 65.3. The van der Waals surface area contributed by atoms with Crippen LogP contribution in [-0.2, 0) is 65.4 Å². The number of ether oxygens (including phenoxy) is 4. The topological polar surface area (TPSA) is 237 Å². The first-order chi connectivity index (χ1) is 49.4. The highest BCUT2D eigenvalue weighted by Crippen LogP contribution is 2.45. The van der Waals surface area contributed by atoms with Gasteiger partial charge in [0.2, 0.25) is 0 Å². The fourth-order valence-corrected chi connectivity index (χ4v) is 14.5. The van der Waals surface area contributed by atoms with Crippen molar-refractivity contribution in [1.29, 1.82) is 0 Å². The molecule has 0 heterocycles. The number of phosphoric ester groups is 2. The van der Waals surface area contributed by atoms with Crippen LogP contribution in [0.3, 0.4) is 0 Å². The van der Waals surface area contributed by atoms with E-state index in [1.54, 1.807) is 0 Å². The van der Waals surface area contributed by atoms with E-state index in [4.69, 9.17) is 37.0 Å². The molecule has 0 saturated carbocycles. The molecule has 17 nitrogen and oxygen atoms in total. The van der Waals surface area contributed by atoms with E-state index in [0.717, 1.165) is 102 Å². The number of aliphatic hydroxyl groups is 1. The van der Waals surface area contributed by atoms with E-state index in [1.165, 1.54) is 257 Å². The van der Waals surface area contributed by atoms with Crippen molar-refractivity contribution in [3.63, 3.8) is 0 Å². The summed E-state index contributed by atoms with van der Waals surface area (Å²) in [6, 6.07) is 0. The van der Waals surface area contributed by atoms with E-state index in [1.807, 2.05) is 0 Å². The van der Waals surface area contributed by atoms with E-state index in [2.05, 4.69) is 41.5 Å². The number of phosphoric acid groups is 2. The lowest BCUT2D eigenvalue weighted by molar-refractivity contribution is -0.161. The third-order valence-corrected chi connectivity index (χ3v) is 21.4. The monoisotopic (exact) mass is 1490 g/mol. The molecule has 0 fully saturated rings. The fourth-order valence-electron chi connectivity index (χ4n) is 12.9. The first-order valence-electron chi connectivity index (χ1n) is 43.0. The van der Waals surface area contributed by atoms with Gasteiger partial charge in [0.05, 0.1) is 26.4 Å². The molecule has 0 saturated heterocycles. The molecule has 2 unspecified atom stereocenters. The molecule has 0 aliphatic heterocycles. The zero-order valence-electron chi connectivity index (χ0n) is 66.9. The predicted molar refractivity (Wildman–Crippen MR) is 418 cm³/mol. The first kappa shape index (κ1) is 100. The van der Waals surface area contributed by atoms with E-state index < -0.39 is 97.5 Å². The standard InChI is InChI=1S/C83H162O17P2/c1-7-9-11-13-15-17-19-21-23-25-27-29-31-33-37-41-49-55-61-67-82(87)99-78(71-93-80(85)65-59-53-47-40-36-32-30-28-26-24-22-20-18-16-14-12-10-8-2)73-97-101(89,90)95-69-77(84)70-96-102(91,92)98-74-79(72-94-81(86)66-60-54-48-44-43-46-52-58-64-76(5)6)100-83(88)68-62-56-50-42-38-34-35-39-45-51-57-63-75(3)4/h75-79,84H,7-74H2,1-6H3,(H,89,90)(H,91,92)/t77-,78-,79-/m1/s1. The van der Waals surface area contributed by atoms with Crippen molar-refractivity contribution in [3.05, 3.63) is 0 Å². The van der Waals surface area contributed by atoms with Crippen molar-refractivity contribution < 1.29 is 80.2 Å². The Balaban J connectivity index is 5.24. The van der Waals surface area contributed by atoms with Gasteiger partial charge in [0.1, 0.15) is 19.3 Å². The Morgan fingerprint density at radius 1 is 0.265 bits per heavy atom. The minimum atomic E-state index is -4.96. The van der Waals surface area contributed by atoms with Gasteiger partial charge in [-0.15, -0.1) is 0 Å². The van der Waals surface area contributed by atoms with Crippen LogP contribution in [0.2, 0.25) is 0 Å². The van der Waals surface area contributed by atoms with Gasteiger partial charge in [-0.25, -0.2) is 9.13 Å². The van der Waals surface area contributed by atoms with Gasteiger partial charge >= 0.3 is 39.5 Å². The number of aliphatic hydroxyl groups excluding tert-OH is 1. The second-order valence-corrected chi connectivity index (χ2v) is 33.7. The highest BCUT2D eigenvalue weighted by molar-refractivity contribution is 7.47. The Morgan fingerprint density at radius 3 is 0.667 bits per heavy atom. The Hall–Kier alpha value is -1.94. The first-order valence-corrected chi connectivity index (χ1v) is 46.0. The van der Waals surface area contributed by atoms with Crippen molar-refractivity contribution >= 4 is 39.5 Å². The van der Waals surface area contributed by atoms with Gasteiger partial charge in [0.25, 0.3) is 0 Å². The number of unbranched alkanes of at least 4 members (excludes halogenated alkanes) is 52. The Kier molecular flexibility index (Phi) is 73.1. The van der Waals surface area contributed by atoms with Crippen LogP contribution in [0.5, 0.6) is 0 Å². The van der Waals surface area contributed by atoms with Crippen LogP contribution in [0.25, 0.3) is 0 Å². The number of hydrogen-bond acceptors (Lipinski definition) is 15. The average Bonchev–Trinajstić information content (AvgIpc) is 0.906. The molecule has 0 aromatic carbocycles. The molecule has 0 aromatic heterocycles. The van der Waals surface area contributed by atoms with E-state index in [0.29, 0.717) is 25.7 Å². The maximum atomic E-state index is 13.1. The maximum absolute atomic E-state index is 13.1. The highest BCUT2D eigenvalue weighted by atomic mass is 31.2. The van der Waals surface area contributed by atoms with Crippen LogP contribution in [0.15, 0.2) is 0 Å². The van der Waals surface area contributed by atoms with Crippen LogP contribution in [-0.4, -0.2) is 96.7 Å². The lowest BCUT2D eigenvalue weighted by Crippen LogP contribution is -2.30. The summed E-state index contributed by atoms with van der Waals surface area (Å²) in [5.74, 6) is -0.615. The molecule has 0 aliphatic rings. The third kappa shape index (κ3) is 76.3. The number of rotatable bonds is 82. The van der Waals surface area contributed by atoms with Crippen molar-refractivity contribution in [2.75, 3.05) is 39.6 Å². The summed E-state index contributed by atoms with van der Waals surface area (Å²) in [6.45, 7) is 9.62. The van der Waals surface area contributed by atoms with Gasteiger partial charge in [-0.05, 0) is 37.5 Å². The lowest BCUT2D eigenvalue weighted by Gasteiger charge is -2.21. The maximum Gasteiger partial charge on any atom is 0.472 e. The number of carbonyl (C=O) groups excluding carboxylic acids is 4. The summed E-state index contributed by atoms with van der Waals surface area (Å²) >= 11 is 0. The lowest BCUT2D eigenvalue weighted by atomic mass is 10.0. The quantitative estimate of drug-likeness (QED) is 0.0222. The average molecular weight is 1490 g/mol. The van der Waals surface area contributed by atoms with Crippen molar-refractivity contribution in [1.82, 2.24) is 0 Å². The Bertz CT molecular complexity index is 1960. The van der Waals surface area contributed by atoms with Crippen molar-refractivity contribution in [3.8, 4) is 0 Å². The zero-order chi connectivity index (χ0) is 74.9. The minimum absolute atomic E-state index is 0.106. The molecule has 0 bridgehead atoms. The number of hydrogen-bond donors (Lipinski definition) is 3. The van der Waals surface area contributed by atoms with Gasteiger partial charge in [0.15, 0.2) is 12.2 Å². The van der Waals surface area contributed by atoms with E-state index >= 15 is 0 Å². The third-order valence-electron chi connectivity index (χ3n) is 19.5. The Morgan fingerprint density at radius 2 is 0.451 bits per heavy atom. The second kappa shape index (κ2) is 74.5. The van der Waals surface area contributed by atoms with Crippen LogP contribution < -0.4 is 0 Å². The molecule has 0 spiro atoms. The molecule has 5 atom stereocenters. The molecular formula is C83H162O17P2. The summed E-state index contributed by atoms with van der Waals surface area (Å²) in [5.41, 5.74) is 0. The van der Waals surface area contributed by atoms with E-state index in [-0.39, 0.29) is 25.7 Å². The number of carbonyl (C=O) groups is 4. The number of esters is 4. The molecule has 0 aliphatic carbocycles.